The van der Waals surface area contributed by atoms with E-state index in [-0.39, 0.29) is 18.2 Å². The first-order valence-corrected chi connectivity index (χ1v) is 3.29. The summed E-state index contributed by atoms with van der Waals surface area (Å²) < 4.78 is 4.97. The fourth-order valence-electron chi connectivity index (χ4n) is 0.924. The van der Waals surface area contributed by atoms with Crippen LogP contribution >= 0.6 is 12.4 Å². The largest absolute Gasteiger partial charge is 0.505 e. The first-order valence-electron chi connectivity index (χ1n) is 3.29. The van der Waals surface area contributed by atoms with E-state index in [4.69, 9.17) is 10.5 Å². The van der Waals surface area contributed by atoms with Gasteiger partial charge in [0.25, 0.3) is 0 Å². The fourth-order valence-corrected chi connectivity index (χ4v) is 0.924. The second-order valence-electron chi connectivity index (χ2n) is 2.33. The summed E-state index contributed by atoms with van der Waals surface area (Å²) in [6, 6.07) is 3.34. The average molecular weight is 190 g/mol. The summed E-state index contributed by atoms with van der Waals surface area (Å²) in [4.78, 5) is 0. The molecule has 0 saturated carbocycles. The van der Waals surface area contributed by atoms with Crippen LogP contribution in [0.5, 0.6) is 11.5 Å². The summed E-state index contributed by atoms with van der Waals surface area (Å²) in [6.07, 6.45) is 0. The van der Waals surface area contributed by atoms with Crippen LogP contribution in [0.4, 0.5) is 5.69 Å². The third kappa shape index (κ3) is 1.74. The van der Waals surface area contributed by atoms with Crippen LogP contribution in [-0.4, -0.2) is 12.2 Å². The maximum atomic E-state index is 9.31. The summed E-state index contributed by atoms with van der Waals surface area (Å²) in [7, 11) is 1.55. The van der Waals surface area contributed by atoms with Crippen molar-refractivity contribution in [3.8, 4) is 11.5 Å². The number of nitrogen functional groups attached to an aromatic ring is 1. The number of halogens is 1. The van der Waals surface area contributed by atoms with Crippen molar-refractivity contribution in [2.24, 2.45) is 0 Å². The van der Waals surface area contributed by atoms with Crippen molar-refractivity contribution in [3.63, 3.8) is 0 Å². The average Bonchev–Trinajstić information content (AvgIpc) is 2.01. The van der Waals surface area contributed by atoms with E-state index in [0.29, 0.717) is 17.0 Å². The smallest absolute Gasteiger partial charge is 0.145 e. The number of nitrogens with two attached hydrogens (primary N) is 1. The standard InChI is InChI=1S/C8H11NO2.ClH/c1-5-7(11-2)4-3-6(9)8(5)10;/h3-4,10H,9H2,1-2H3;1H. The Bertz CT molecular complexity index is 276. The molecule has 1 rings (SSSR count). The van der Waals surface area contributed by atoms with Gasteiger partial charge in [-0.3, -0.25) is 0 Å². The number of anilines is 1. The minimum absolute atomic E-state index is 0. The molecule has 0 fully saturated rings. The van der Waals surface area contributed by atoms with E-state index in [0.717, 1.165) is 0 Å². The molecule has 0 aliphatic heterocycles. The summed E-state index contributed by atoms with van der Waals surface area (Å²) in [5.74, 6) is 0.751. The molecule has 0 heterocycles. The van der Waals surface area contributed by atoms with E-state index in [1.165, 1.54) is 0 Å². The first kappa shape index (κ1) is 10.9. The number of hydrogen-bond acceptors (Lipinski definition) is 3. The highest BCUT2D eigenvalue weighted by Gasteiger charge is 2.05. The molecule has 0 unspecified atom stereocenters. The summed E-state index contributed by atoms with van der Waals surface area (Å²) in [5, 5.41) is 9.31. The van der Waals surface area contributed by atoms with Crippen LogP contribution in [0.3, 0.4) is 0 Å². The first-order chi connectivity index (χ1) is 5.16. The van der Waals surface area contributed by atoms with Gasteiger partial charge in [-0.25, -0.2) is 0 Å². The third-order valence-corrected chi connectivity index (χ3v) is 1.63. The number of aromatic hydroxyl groups is 1. The van der Waals surface area contributed by atoms with Crippen LogP contribution in [-0.2, 0) is 0 Å². The highest BCUT2D eigenvalue weighted by atomic mass is 35.5. The van der Waals surface area contributed by atoms with Crippen LogP contribution in [0.15, 0.2) is 12.1 Å². The number of phenolic OH excluding ortho intramolecular Hbond substituents is 1. The van der Waals surface area contributed by atoms with Crippen molar-refractivity contribution in [1.29, 1.82) is 0 Å². The maximum absolute atomic E-state index is 9.31. The third-order valence-electron chi connectivity index (χ3n) is 1.63. The Balaban J connectivity index is 0.00000121. The predicted octanol–water partition coefficient (Wildman–Crippen LogP) is 1.71. The van der Waals surface area contributed by atoms with Gasteiger partial charge in [0.15, 0.2) is 0 Å². The van der Waals surface area contributed by atoms with Gasteiger partial charge in [0.05, 0.1) is 12.8 Å². The number of rotatable bonds is 1. The Hall–Kier alpha value is -1.09. The molecule has 12 heavy (non-hydrogen) atoms. The molecular formula is C8H12ClNO2. The number of ether oxygens (including phenoxy) is 1. The number of methoxy groups -OCH3 is 1. The van der Waals surface area contributed by atoms with Gasteiger partial charge < -0.3 is 15.6 Å². The second-order valence-corrected chi connectivity index (χ2v) is 2.33. The van der Waals surface area contributed by atoms with Gasteiger partial charge in [-0.15, -0.1) is 12.4 Å². The summed E-state index contributed by atoms with van der Waals surface area (Å²) in [5.41, 5.74) is 6.49. The van der Waals surface area contributed by atoms with Crippen LogP contribution in [0.2, 0.25) is 0 Å². The van der Waals surface area contributed by atoms with E-state index in [1.54, 1.807) is 26.2 Å². The lowest BCUT2D eigenvalue weighted by atomic mass is 10.2. The molecule has 68 valence electrons. The van der Waals surface area contributed by atoms with E-state index >= 15 is 0 Å². The minimum atomic E-state index is 0. The van der Waals surface area contributed by atoms with Crippen molar-refractivity contribution >= 4 is 18.1 Å². The highest BCUT2D eigenvalue weighted by molar-refractivity contribution is 5.85. The Kier molecular flexibility index (Phi) is 3.70. The summed E-state index contributed by atoms with van der Waals surface area (Å²) >= 11 is 0. The topological polar surface area (TPSA) is 55.5 Å². The zero-order valence-corrected chi connectivity index (χ0v) is 7.81. The Morgan fingerprint density at radius 2 is 2.00 bits per heavy atom. The quantitative estimate of drug-likeness (QED) is 0.523. The van der Waals surface area contributed by atoms with Gasteiger partial charge in [0.1, 0.15) is 11.5 Å². The SMILES string of the molecule is COc1ccc(N)c(O)c1C.Cl. The Labute approximate surface area is 77.6 Å². The van der Waals surface area contributed by atoms with Crippen molar-refractivity contribution in [3.05, 3.63) is 17.7 Å². The molecule has 0 amide bonds. The lowest BCUT2D eigenvalue weighted by molar-refractivity contribution is 0.403. The Morgan fingerprint density at radius 1 is 1.42 bits per heavy atom. The van der Waals surface area contributed by atoms with Crippen LogP contribution in [0.1, 0.15) is 5.56 Å². The molecule has 1 aromatic carbocycles. The van der Waals surface area contributed by atoms with E-state index in [9.17, 15) is 5.11 Å². The van der Waals surface area contributed by atoms with E-state index < -0.39 is 0 Å². The highest BCUT2D eigenvalue weighted by Crippen LogP contribution is 2.31. The molecule has 1 aromatic rings. The van der Waals surface area contributed by atoms with E-state index in [1.807, 2.05) is 0 Å². The van der Waals surface area contributed by atoms with Crippen LogP contribution < -0.4 is 10.5 Å². The number of benzene rings is 1. The minimum Gasteiger partial charge on any atom is -0.505 e. The second kappa shape index (κ2) is 4.07. The van der Waals surface area contributed by atoms with Crippen molar-refractivity contribution in [2.45, 2.75) is 6.92 Å². The molecular weight excluding hydrogens is 178 g/mol. The van der Waals surface area contributed by atoms with Crippen LogP contribution in [0.25, 0.3) is 0 Å². The van der Waals surface area contributed by atoms with Crippen molar-refractivity contribution in [2.75, 3.05) is 12.8 Å². The molecule has 0 spiro atoms. The maximum Gasteiger partial charge on any atom is 0.145 e. The molecule has 0 aliphatic rings. The van der Waals surface area contributed by atoms with Gasteiger partial charge in [0, 0.05) is 5.56 Å². The number of hydrogen-bond donors (Lipinski definition) is 2. The van der Waals surface area contributed by atoms with Gasteiger partial charge in [-0.2, -0.15) is 0 Å². The van der Waals surface area contributed by atoms with E-state index in [2.05, 4.69) is 0 Å². The molecule has 0 atom stereocenters. The molecule has 0 aliphatic carbocycles. The predicted molar refractivity (Wildman–Crippen MR) is 51.1 cm³/mol. The zero-order valence-electron chi connectivity index (χ0n) is 7.00. The molecule has 3 nitrogen and oxygen atoms in total. The number of phenols is 1. The van der Waals surface area contributed by atoms with Gasteiger partial charge >= 0.3 is 0 Å². The van der Waals surface area contributed by atoms with Gasteiger partial charge in [-0.1, -0.05) is 0 Å². The van der Waals surface area contributed by atoms with Gasteiger partial charge in [-0.05, 0) is 19.1 Å². The molecule has 4 heteroatoms. The zero-order chi connectivity index (χ0) is 8.43. The molecule has 0 bridgehead atoms. The molecule has 0 saturated heterocycles. The summed E-state index contributed by atoms with van der Waals surface area (Å²) in [6.45, 7) is 1.75. The van der Waals surface area contributed by atoms with Crippen molar-refractivity contribution < 1.29 is 9.84 Å². The van der Waals surface area contributed by atoms with Gasteiger partial charge in [0.2, 0.25) is 0 Å². The molecule has 0 radical (unpaired) electrons. The van der Waals surface area contributed by atoms with Crippen LogP contribution in [0, 0.1) is 6.92 Å². The lowest BCUT2D eigenvalue weighted by Gasteiger charge is -2.07. The fraction of sp³-hybridized carbons (Fsp3) is 0.250. The molecule has 0 aromatic heterocycles. The normalized spacial score (nSPS) is 8.83. The monoisotopic (exact) mass is 189 g/mol. The Morgan fingerprint density at radius 3 is 2.50 bits per heavy atom. The van der Waals surface area contributed by atoms with Crippen molar-refractivity contribution in [1.82, 2.24) is 0 Å². The lowest BCUT2D eigenvalue weighted by Crippen LogP contribution is -1.91. The molecule has 3 N–H and O–H groups in total.